The van der Waals surface area contributed by atoms with E-state index in [4.69, 9.17) is 11.6 Å². The lowest BCUT2D eigenvalue weighted by molar-refractivity contribution is 0.820. The van der Waals surface area contributed by atoms with Gasteiger partial charge in [-0.15, -0.1) is 11.6 Å². The smallest absolute Gasteiger partial charge is 0.111 e. The molecule has 0 aromatic heterocycles. The van der Waals surface area contributed by atoms with Gasteiger partial charge in [-0.05, 0) is 19.3 Å². The minimum atomic E-state index is 0.787. The maximum Gasteiger partial charge on any atom is 0.111 e. The molecule has 0 saturated heterocycles. The Hall–Kier alpha value is -0.533. The van der Waals surface area contributed by atoms with Crippen molar-refractivity contribution in [2.24, 2.45) is 0 Å². The molecular formula is C12H15ClSi. The molecule has 0 aliphatic carbocycles. The molecule has 0 unspecified atom stereocenters. The van der Waals surface area contributed by atoms with E-state index in [1.807, 2.05) is 0 Å². The first-order valence-electron chi connectivity index (χ1n) is 4.96. The molecule has 0 bridgehead atoms. The quantitative estimate of drug-likeness (QED) is 0.395. The van der Waals surface area contributed by atoms with Crippen LogP contribution >= 0.6 is 11.6 Å². The monoisotopic (exact) mass is 222 g/mol. The van der Waals surface area contributed by atoms with Crippen LogP contribution in [-0.2, 0) is 0 Å². The normalized spacial score (nSPS) is 10.9. The molecule has 0 aliphatic rings. The van der Waals surface area contributed by atoms with E-state index in [0.29, 0.717) is 0 Å². The maximum atomic E-state index is 5.59. The van der Waals surface area contributed by atoms with Gasteiger partial charge in [-0.1, -0.05) is 47.3 Å². The highest BCUT2D eigenvalue weighted by atomic mass is 35.5. The second kappa shape index (κ2) is 7.83. The van der Waals surface area contributed by atoms with E-state index in [1.54, 1.807) is 0 Å². The van der Waals surface area contributed by atoms with Gasteiger partial charge in [-0.2, -0.15) is 0 Å². The molecule has 2 radical (unpaired) electrons. The molecule has 0 nitrogen and oxygen atoms in total. The Morgan fingerprint density at radius 1 is 1.14 bits per heavy atom. The second-order valence-corrected chi connectivity index (χ2v) is 4.67. The Bertz CT molecular complexity index is 256. The predicted octanol–water partition coefficient (Wildman–Crippen LogP) is 2.94. The van der Waals surface area contributed by atoms with E-state index < -0.39 is 0 Å². The van der Waals surface area contributed by atoms with Gasteiger partial charge in [0.2, 0.25) is 0 Å². The third-order valence-electron chi connectivity index (χ3n) is 1.90. The highest BCUT2D eigenvalue weighted by Gasteiger charge is 1.87. The number of unbranched alkanes of at least 4 members (excludes halogenated alkanes) is 2. The van der Waals surface area contributed by atoms with Crippen LogP contribution in [0.3, 0.4) is 0 Å². The summed E-state index contributed by atoms with van der Waals surface area (Å²) >= 11 is 5.59. The Kier molecular flexibility index (Phi) is 6.46. The van der Waals surface area contributed by atoms with E-state index in [2.05, 4.69) is 42.1 Å². The van der Waals surface area contributed by atoms with Gasteiger partial charge in [0, 0.05) is 5.88 Å². The number of halogens is 1. The van der Waals surface area contributed by atoms with E-state index in [0.717, 1.165) is 28.2 Å². The Labute approximate surface area is 93.8 Å². The van der Waals surface area contributed by atoms with Crippen LogP contribution in [0.5, 0.6) is 0 Å². The molecule has 1 aromatic rings. The second-order valence-electron chi connectivity index (χ2n) is 3.10. The summed E-state index contributed by atoms with van der Waals surface area (Å²) in [4.78, 5) is 0. The van der Waals surface area contributed by atoms with Crippen molar-refractivity contribution in [3.05, 3.63) is 42.1 Å². The van der Waals surface area contributed by atoms with Crippen LogP contribution < -0.4 is 5.19 Å². The first kappa shape index (κ1) is 11.5. The average molecular weight is 223 g/mol. The lowest BCUT2D eigenvalue weighted by Gasteiger charge is -1.93. The molecule has 0 N–H and O–H groups in total. The Balaban J connectivity index is 2.14. The van der Waals surface area contributed by atoms with Crippen LogP contribution in [-0.4, -0.2) is 15.4 Å². The van der Waals surface area contributed by atoms with Crippen molar-refractivity contribution in [3.8, 4) is 0 Å². The van der Waals surface area contributed by atoms with Crippen LogP contribution in [0, 0.1) is 0 Å². The zero-order chi connectivity index (χ0) is 10.1. The van der Waals surface area contributed by atoms with Crippen molar-refractivity contribution < 1.29 is 0 Å². The van der Waals surface area contributed by atoms with Crippen LogP contribution in [0.25, 0.3) is 0 Å². The van der Waals surface area contributed by atoms with Gasteiger partial charge in [-0.25, -0.2) is 0 Å². The SMILES string of the molecule is ClCCCC/C=C/[Si]c1ccccc1. The van der Waals surface area contributed by atoms with Crippen molar-refractivity contribution in [1.82, 2.24) is 0 Å². The number of rotatable bonds is 6. The number of alkyl halides is 1. The van der Waals surface area contributed by atoms with E-state index in [1.165, 1.54) is 11.6 Å². The standard InChI is InChI=1S/C12H15ClSi/c13-10-6-1-2-7-11-14-12-8-4-3-5-9-12/h3-5,7-9,11H,1-2,6,10H2/b11-7+. The lowest BCUT2D eigenvalue weighted by atomic mass is 10.2. The van der Waals surface area contributed by atoms with Crippen LogP contribution in [0.4, 0.5) is 0 Å². The molecule has 74 valence electrons. The summed E-state index contributed by atoms with van der Waals surface area (Å²) in [5.41, 5.74) is 2.27. The van der Waals surface area contributed by atoms with Crippen molar-refractivity contribution in [2.45, 2.75) is 19.3 Å². The van der Waals surface area contributed by atoms with E-state index >= 15 is 0 Å². The number of hydrogen-bond donors (Lipinski definition) is 0. The van der Waals surface area contributed by atoms with Crippen molar-refractivity contribution in [3.63, 3.8) is 0 Å². The van der Waals surface area contributed by atoms with Crippen LogP contribution in [0.2, 0.25) is 0 Å². The largest absolute Gasteiger partial charge is 0.127 e. The molecule has 14 heavy (non-hydrogen) atoms. The average Bonchev–Trinajstić information content (AvgIpc) is 2.25. The highest BCUT2D eigenvalue weighted by Crippen LogP contribution is 1.97. The molecule has 0 spiro atoms. The van der Waals surface area contributed by atoms with Gasteiger partial charge in [0.25, 0.3) is 0 Å². The minimum absolute atomic E-state index is 0.787. The summed E-state index contributed by atoms with van der Waals surface area (Å²) in [6.45, 7) is 0. The molecule has 0 fully saturated rings. The van der Waals surface area contributed by atoms with Gasteiger partial charge >= 0.3 is 0 Å². The maximum absolute atomic E-state index is 5.59. The summed E-state index contributed by atoms with van der Waals surface area (Å²) < 4.78 is 0. The minimum Gasteiger partial charge on any atom is -0.127 e. The molecule has 0 heterocycles. The van der Waals surface area contributed by atoms with Gasteiger partial charge in [0.05, 0.1) is 0 Å². The summed E-state index contributed by atoms with van der Waals surface area (Å²) in [5, 5.41) is 1.40. The fourth-order valence-electron chi connectivity index (χ4n) is 1.13. The summed E-state index contributed by atoms with van der Waals surface area (Å²) in [6, 6.07) is 10.6. The van der Waals surface area contributed by atoms with E-state index in [9.17, 15) is 0 Å². The molecule has 1 rings (SSSR count). The van der Waals surface area contributed by atoms with Gasteiger partial charge in [0.15, 0.2) is 0 Å². The number of allylic oxidation sites excluding steroid dienone is 1. The Morgan fingerprint density at radius 2 is 1.93 bits per heavy atom. The summed E-state index contributed by atoms with van der Waals surface area (Å²) in [5.74, 6) is 0.787. The topological polar surface area (TPSA) is 0 Å². The van der Waals surface area contributed by atoms with Gasteiger partial charge in [0.1, 0.15) is 9.52 Å². The Morgan fingerprint density at radius 3 is 2.64 bits per heavy atom. The molecule has 1 aromatic carbocycles. The molecular weight excluding hydrogens is 208 g/mol. The molecule has 0 saturated carbocycles. The first-order chi connectivity index (χ1) is 6.93. The van der Waals surface area contributed by atoms with Crippen LogP contribution in [0.15, 0.2) is 42.1 Å². The third-order valence-corrected chi connectivity index (χ3v) is 3.23. The molecule has 0 aliphatic heterocycles. The lowest BCUT2D eigenvalue weighted by Crippen LogP contribution is -2.10. The zero-order valence-corrected chi connectivity index (χ0v) is 10.0. The third kappa shape index (κ3) is 5.25. The van der Waals surface area contributed by atoms with Gasteiger partial charge < -0.3 is 0 Å². The zero-order valence-electron chi connectivity index (χ0n) is 8.25. The predicted molar refractivity (Wildman–Crippen MR) is 65.5 cm³/mol. The summed E-state index contributed by atoms with van der Waals surface area (Å²) in [6.07, 6.45) is 5.75. The van der Waals surface area contributed by atoms with Crippen molar-refractivity contribution in [1.29, 1.82) is 0 Å². The molecule has 0 amide bonds. The van der Waals surface area contributed by atoms with Crippen molar-refractivity contribution in [2.75, 3.05) is 5.88 Å². The number of hydrogen-bond acceptors (Lipinski definition) is 0. The molecule has 2 heteroatoms. The van der Waals surface area contributed by atoms with Gasteiger partial charge in [-0.3, -0.25) is 0 Å². The van der Waals surface area contributed by atoms with Crippen molar-refractivity contribution >= 4 is 26.3 Å². The highest BCUT2D eigenvalue weighted by molar-refractivity contribution is 6.58. The fraction of sp³-hybridized carbons (Fsp3) is 0.333. The fourth-order valence-corrected chi connectivity index (χ4v) is 2.18. The first-order valence-corrected chi connectivity index (χ1v) is 6.57. The summed E-state index contributed by atoms with van der Waals surface area (Å²) in [7, 11) is 0.803. The van der Waals surface area contributed by atoms with Crippen LogP contribution in [0.1, 0.15) is 19.3 Å². The van der Waals surface area contributed by atoms with E-state index in [-0.39, 0.29) is 0 Å². The number of benzene rings is 1. The molecule has 0 atom stereocenters.